The smallest absolute Gasteiger partial charge is 0.412 e. The van der Waals surface area contributed by atoms with E-state index in [1.54, 1.807) is 30.3 Å². The Balaban J connectivity index is 1.70. The minimum absolute atomic E-state index is 0.0250. The van der Waals surface area contributed by atoms with Gasteiger partial charge in [-0.2, -0.15) is 0 Å². The molecule has 1 aromatic heterocycles. The van der Waals surface area contributed by atoms with E-state index in [-0.39, 0.29) is 11.4 Å². The highest BCUT2D eigenvalue weighted by Gasteiger charge is 2.11. The lowest BCUT2D eigenvalue weighted by atomic mass is 10.1. The lowest BCUT2D eigenvalue weighted by molar-refractivity contribution is 0.0697. The normalized spacial score (nSPS) is 10.6. The number of hydrogen-bond acceptors (Lipinski definition) is 5. The Bertz CT molecular complexity index is 1050. The maximum Gasteiger partial charge on any atom is 0.412 e. The lowest BCUT2D eigenvalue weighted by Gasteiger charge is -2.07. The molecule has 8 nitrogen and oxygen atoms in total. The first-order valence-corrected chi connectivity index (χ1v) is 8.60. The summed E-state index contributed by atoms with van der Waals surface area (Å²) in [5.74, 6) is -0.133. The Morgan fingerprint density at radius 1 is 1.14 bits per heavy atom. The minimum Gasteiger partial charge on any atom is -0.478 e. The van der Waals surface area contributed by atoms with Gasteiger partial charge in [-0.15, -0.1) is 0 Å². The van der Waals surface area contributed by atoms with Crippen molar-refractivity contribution in [3.8, 4) is 0 Å². The van der Waals surface area contributed by atoms with Gasteiger partial charge in [-0.05, 0) is 30.2 Å². The molecule has 1 heterocycles. The quantitative estimate of drug-likeness (QED) is 0.465. The predicted molar refractivity (Wildman–Crippen MR) is 104 cm³/mol. The summed E-state index contributed by atoms with van der Waals surface area (Å²) >= 11 is 0. The summed E-state index contributed by atoms with van der Waals surface area (Å²) in [6.07, 6.45) is 0.744. The van der Waals surface area contributed by atoms with Gasteiger partial charge in [0, 0.05) is 19.0 Å². The highest BCUT2D eigenvalue weighted by molar-refractivity contribution is 6.04. The third-order valence-electron chi connectivity index (χ3n) is 4.51. The van der Waals surface area contributed by atoms with E-state index in [0.29, 0.717) is 17.5 Å². The van der Waals surface area contributed by atoms with Crippen molar-refractivity contribution in [1.29, 1.82) is 5.41 Å². The molecule has 0 aliphatic heterocycles. The Hall–Kier alpha value is -3.68. The van der Waals surface area contributed by atoms with Crippen LogP contribution in [0.25, 0.3) is 11.0 Å². The first-order valence-electron chi connectivity index (χ1n) is 8.60. The zero-order chi connectivity index (χ0) is 20.3. The van der Waals surface area contributed by atoms with Crippen molar-refractivity contribution in [2.75, 3.05) is 7.11 Å². The van der Waals surface area contributed by atoms with Crippen LogP contribution in [-0.4, -0.2) is 39.7 Å². The van der Waals surface area contributed by atoms with Gasteiger partial charge in [-0.3, -0.25) is 10.7 Å². The lowest BCUT2D eigenvalue weighted by Crippen LogP contribution is -2.30. The fourth-order valence-corrected chi connectivity index (χ4v) is 2.93. The van der Waals surface area contributed by atoms with E-state index >= 15 is 0 Å². The van der Waals surface area contributed by atoms with Crippen molar-refractivity contribution in [1.82, 2.24) is 14.9 Å². The summed E-state index contributed by atoms with van der Waals surface area (Å²) in [6, 6.07) is 12.2. The molecular weight excluding hydrogens is 360 g/mol. The van der Waals surface area contributed by atoms with Crippen LogP contribution in [0.4, 0.5) is 4.79 Å². The zero-order valence-electron chi connectivity index (χ0n) is 15.5. The number of amides is 1. The number of aryl methyl sites for hydroxylation is 3. The molecule has 0 saturated carbocycles. The van der Waals surface area contributed by atoms with Crippen LogP contribution in [0, 0.1) is 5.41 Å². The summed E-state index contributed by atoms with van der Waals surface area (Å²) in [4.78, 5) is 26.9. The summed E-state index contributed by atoms with van der Waals surface area (Å²) in [5.41, 5.74) is 3.41. The molecular formula is C20H20N4O4. The third-order valence-corrected chi connectivity index (χ3v) is 4.51. The van der Waals surface area contributed by atoms with E-state index in [9.17, 15) is 9.59 Å². The first-order chi connectivity index (χ1) is 13.4. The van der Waals surface area contributed by atoms with Crippen molar-refractivity contribution in [3.05, 3.63) is 65.0 Å². The monoisotopic (exact) mass is 380 g/mol. The molecule has 3 aromatic rings. The van der Waals surface area contributed by atoms with E-state index in [1.807, 2.05) is 23.7 Å². The molecule has 0 saturated heterocycles. The van der Waals surface area contributed by atoms with Gasteiger partial charge in [0.25, 0.3) is 0 Å². The number of fused-ring (bicyclic) bond motifs is 1. The number of imidazole rings is 1. The molecule has 0 aliphatic rings. The molecule has 3 N–H and O–H groups in total. The average Bonchev–Trinajstić information content (AvgIpc) is 3.01. The fraction of sp³-hybridized carbons (Fsp3) is 0.200. The van der Waals surface area contributed by atoms with Gasteiger partial charge in [0.15, 0.2) is 0 Å². The number of carboxylic acid groups (broad SMARTS) is 1. The van der Waals surface area contributed by atoms with Gasteiger partial charge < -0.3 is 14.4 Å². The number of carbonyl (C=O) groups excluding carboxylic acids is 1. The van der Waals surface area contributed by atoms with E-state index in [1.165, 1.54) is 7.11 Å². The third kappa shape index (κ3) is 4.01. The van der Waals surface area contributed by atoms with Gasteiger partial charge in [-0.1, -0.05) is 24.3 Å². The second-order valence-electron chi connectivity index (χ2n) is 6.28. The SMILES string of the molecule is COC(=O)NC(=N)c1ccc(CCc2nc3cc(C(=O)O)ccc3n2C)cc1. The molecule has 0 bridgehead atoms. The van der Waals surface area contributed by atoms with Gasteiger partial charge in [0.05, 0.1) is 23.7 Å². The van der Waals surface area contributed by atoms with Crippen molar-refractivity contribution >= 4 is 28.9 Å². The summed E-state index contributed by atoms with van der Waals surface area (Å²) in [7, 11) is 3.16. The van der Waals surface area contributed by atoms with Crippen LogP contribution < -0.4 is 5.32 Å². The number of aromatic carboxylic acids is 1. The maximum atomic E-state index is 11.2. The molecule has 8 heteroatoms. The van der Waals surface area contributed by atoms with Crippen molar-refractivity contribution < 1.29 is 19.4 Å². The minimum atomic E-state index is -0.971. The highest BCUT2D eigenvalue weighted by atomic mass is 16.5. The number of carbonyl (C=O) groups is 2. The number of methoxy groups -OCH3 is 1. The van der Waals surface area contributed by atoms with Crippen LogP contribution >= 0.6 is 0 Å². The molecule has 0 radical (unpaired) electrons. The molecule has 3 rings (SSSR count). The van der Waals surface area contributed by atoms with E-state index in [4.69, 9.17) is 10.5 Å². The Morgan fingerprint density at radius 3 is 2.46 bits per heavy atom. The molecule has 0 unspecified atom stereocenters. The van der Waals surface area contributed by atoms with Gasteiger partial charge in [-0.25, -0.2) is 14.6 Å². The van der Waals surface area contributed by atoms with Gasteiger partial charge >= 0.3 is 12.1 Å². The molecule has 2 aromatic carbocycles. The summed E-state index contributed by atoms with van der Waals surface area (Å²) in [6.45, 7) is 0. The van der Waals surface area contributed by atoms with Crippen molar-refractivity contribution in [2.24, 2.45) is 7.05 Å². The number of ether oxygens (including phenoxy) is 1. The predicted octanol–water partition coefficient (Wildman–Crippen LogP) is 2.74. The van der Waals surface area contributed by atoms with E-state index in [2.05, 4.69) is 15.0 Å². The topological polar surface area (TPSA) is 117 Å². The number of nitrogens with zero attached hydrogens (tertiary/aromatic N) is 2. The molecule has 1 amide bonds. The second kappa shape index (κ2) is 7.91. The molecule has 0 spiro atoms. The van der Waals surface area contributed by atoms with Crippen molar-refractivity contribution in [2.45, 2.75) is 12.8 Å². The van der Waals surface area contributed by atoms with Gasteiger partial charge in [0.2, 0.25) is 0 Å². The van der Waals surface area contributed by atoms with E-state index in [0.717, 1.165) is 23.3 Å². The Kier molecular flexibility index (Phi) is 5.39. The number of carboxylic acids is 1. The van der Waals surface area contributed by atoms with Crippen LogP contribution in [0.3, 0.4) is 0 Å². The van der Waals surface area contributed by atoms with Crippen LogP contribution in [0.15, 0.2) is 42.5 Å². The van der Waals surface area contributed by atoms with Gasteiger partial charge in [0.1, 0.15) is 11.7 Å². The molecule has 0 aliphatic carbocycles. The van der Waals surface area contributed by atoms with Crippen LogP contribution in [0.5, 0.6) is 0 Å². The van der Waals surface area contributed by atoms with Crippen molar-refractivity contribution in [3.63, 3.8) is 0 Å². The largest absolute Gasteiger partial charge is 0.478 e. The number of amidine groups is 1. The molecule has 28 heavy (non-hydrogen) atoms. The van der Waals surface area contributed by atoms with Crippen LogP contribution in [-0.2, 0) is 24.6 Å². The standard InChI is InChI=1S/C20H20N4O4/c1-24-16-9-8-14(19(25)26)11-15(16)22-17(24)10-5-12-3-6-13(7-4-12)18(21)23-20(27)28-2/h3-4,6-9,11H,5,10H2,1-2H3,(H,25,26)(H2,21,23,27). The van der Waals surface area contributed by atoms with Crippen LogP contribution in [0.1, 0.15) is 27.3 Å². The number of alkyl carbamates (subject to hydrolysis) is 1. The Morgan fingerprint density at radius 2 is 1.82 bits per heavy atom. The summed E-state index contributed by atoms with van der Waals surface area (Å²) in [5, 5.41) is 19.3. The fourth-order valence-electron chi connectivity index (χ4n) is 2.93. The first kappa shape index (κ1) is 19.1. The number of hydrogen-bond donors (Lipinski definition) is 3. The second-order valence-corrected chi connectivity index (χ2v) is 6.28. The number of aromatic nitrogens is 2. The molecule has 0 fully saturated rings. The number of nitrogens with one attached hydrogen (secondary N) is 2. The number of benzene rings is 2. The van der Waals surface area contributed by atoms with E-state index < -0.39 is 12.1 Å². The molecule has 144 valence electrons. The zero-order valence-corrected chi connectivity index (χ0v) is 15.5. The van der Waals surface area contributed by atoms with Crippen LogP contribution in [0.2, 0.25) is 0 Å². The number of rotatable bonds is 5. The Labute approximate surface area is 161 Å². The molecule has 0 atom stereocenters. The average molecular weight is 380 g/mol. The summed E-state index contributed by atoms with van der Waals surface area (Å²) < 4.78 is 6.44. The maximum absolute atomic E-state index is 11.2. The highest BCUT2D eigenvalue weighted by Crippen LogP contribution is 2.18.